The quantitative estimate of drug-likeness (QED) is 0.810. The topological polar surface area (TPSA) is 57.7 Å². The molecule has 0 N–H and O–H groups in total. The van der Waals surface area contributed by atoms with E-state index in [4.69, 9.17) is 0 Å². The molecular formula is C14H20N2O3S2. The fourth-order valence-electron chi connectivity index (χ4n) is 3.04. The van der Waals surface area contributed by atoms with Crippen LogP contribution in [0.2, 0.25) is 0 Å². The zero-order valence-corrected chi connectivity index (χ0v) is 13.8. The highest BCUT2D eigenvalue weighted by atomic mass is 32.2. The number of sulfone groups is 1. The first-order valence-corrected chi connectivity index (χ1v) is 9.95. The Morgan fingerprint density at radius 1 is 1.33 bits per heavy atom. The Balaban J connectivity index is 1.62. The smallest absolute Gasteiger partial charge is 0.237 e. The van der Waals surface area contributed by atoms with Gasteiger partial charge in [0.2, 0.25) is 5.91 Å². The lowest BCUT2D eigenvalue weighted by molar-refractivity contribution is -0.134. The molecule has 0 bridgehead atoms. The minimum Gasteiger partial charge on any atom is -0.334 e. The number of hydrogen-bond acceptors (Lipinski definition) is 5. The van der Waals surface area contributed by atoms with Crippen molar-refractivity contribution < 1.29 is 13.2 Å². The maximum Gasteiger partial charge on any atom is 0.237 e. The van der Waals surface area contributed by atoms with Crippen LogP contribution in [0.5, 0.6) is 0 Å². The minimum atomic E-state index is -2.88. The van der Waals surface area contributed by atoms with Gasteiger partial charge in [-0.1, -0.05) is 0 Å². The van der Waals surface area contributed by atoms with Crippen LogP contribution in [-0.2, 0) is 21.1 Å². The molecular weight excluding hydrogens is 308 g/mol. The molecule has 1 aromatic heterocycles. The Hall–Kier alpha value is -0.920. The summed E-state index contributed by atoms with van der Waals surface area (Å²) in [6, 6.07) is 2.23. The lowest BCUT2D eigenvalue weighted by Crippen LogP contribution is -2.48. The minimum absolute atomic E-state index is 0.110. The number of amides is 1. The van der Waals surface area contributed by atoms with Gasteiger partial charge in [0, 0.05) is 24.5 Å². The van der Waals surface area contributed by atoms with Gasteiger partial charge in [0.05, 0.1) is 24.1 Å². The van der Waals surface area contributed by atoms with E-state index in [1.54, 1.807) is 11.3 Å². The molecule has 1 atom stereocenters. The van der Waals surface area contributed by atoms with Crippen molar-refractivity contribution in [2.45, 2.75) is 19.4 Å². The summed E-state index contributed by atoms with van der Waals surface area (Å²) in [4.78, 5) is 17.8. The van der Waals surface area contributed by atoms with Crippen molar-refractivity contribution in [3.05, 3.63) is 21.9 Å². The second-order valence-electron chi connectivity index (χ2n) is 5.74. The molecule has 1 unspecified atom stereocenters. The summed E-state index contributed by atoms with van der Waals surface area (Å²) in [7, 11) is -2.88. The maximum atomic E-state index is 12.5. The first-order valence-electron chi connectivity index (χ1n) is 7.25. The van der Waals surface area contributed by atoms with Gasteiger partial charge in [-0.25, -0.2) is 8.42 Å². The van der Waals surface area contributed by atoms with E-state index in [1.165, 1.54) is 10.4 Å². The average molecular weight is 328 g/mol. The number of hydrogen-bond donors (Lipinski definition) is 0. The largest absolute Gasteiger partial charge is 0.334 e. The summed E-state index contributed by atoms with van der Waals surface area (Å²) in [6.45, 7) is 4.11. The third-order valence-corrected chi connectivity index (χ3v) is 7.00. The van der Waals surface area contributed by atoms with Crippen LogP contribution in [0, 0.1) is 0 Å². The van der Waals surface area contributed by atoms with Crippen molar-refractivity contribution in [2.24, 2.45) is 0 Å². The van der Waals surface area contributed by atoms with Gasteiger partial charge in [-0.15, -0.1) is 11.3 Å². The molecule has 3 heterocycles. The molecule has 2 aliphatic heterocycles. The zero-order valence-electron chi connectivity index (χ0n) is 12.1. The lowest BCUT2D eigenvalue weighted by Gasteiger charge is -2.36. The van der Waals surface area contributed by atoms with E-state index >= 15 is 0 Å². The molecule has 7 heteroatoms. The summed E-state index contributed by atoms with van der Waals surface area (Å²) in [5, 5.41) is 2.09. The van der Waals surface area contributed by atoms with Gasteiger partial charge in [-0.3, -0.25) is 9.69 Å². The van der Waals surface area contributed by atoms with Gasteiger partial charge in [-0.2, -0.15) is 0 Å². The first-order chi connectivity index (χ1) is 9.96. The highest BCUT2D eigenvalue weighted by Crippen LogP contribution is 2.32. The molecule has 0 saturated carbocycles. The SMILES string of the molecule is CC1c2ccsc2CCN1C(=O)CN1CCS(=O)(=O)CC1. The monoisotopic (exact) mass is 328 g/mol. The van der Waals surface area contributed by atoms with E-state index in [9.17, 15) is 13.2 Å². The molecule has 0 spiro atoms. The Bertz CT molecular complexity index is 624. The number of nitrogens with zero attached hydrogens (tertiary/aromatic N) is 2. The summed E-state index contributed by atoms with van der Waals surface area (Å²) in [6.07, 6.45) is 0.928. The van der Waals surface area contributed by atoms with Crippen LogP contribution in [0.3, 0.4) is 0 Å². The van der Waals surface area contributed by atoms with Crippen LogP contribution < -0.4 is 0 Å². The van der Waals surface area contributed by atoms with Crippen molar-refractivity contribution in [1.82, 2.24) is 9.80 Å². The van der Waals surface area contributed by atoms with Crippen LogP contribution in [0.1, 0.15) is 23.4 Å². The first kappa shape index (κ1) is 15.0. The van der Waals surface area contributed by atoms with Crippen molar-refractivity contribution in [2.75, 3.05) is 37.7 Å². The molecule has 1 fully saturated rings. The van der Waals surface area contributed by atoms with Crippen molar-refractivity contribution in [1.29, 1.82) is 0 Å². The lowest BCUT2D eigenvalue weighted by atomic mass is 10.0. The molecule has 3 rings (SSSR count). The zero-order chi connectivity index (χ0) is 15.0. The van der Waals surface area contributed by atoms with Crippen molar-refractivity contribution >= 4 is 27.1 Å². The molecule has 5 nitrogen and oxygen atoms in total. The number of fused-ring (bicyclic) bond motifs is 1. The van der Waals surface area contributed by atoms with E-state index < -0.39 is 9.84 Å². The second-order valence-corrected chi connectivity index (χ2v) is 9.04. The third kappa shape index (κ3) is 3.14. The fourth-order valence-corrected chi connectivity index (χ4v) is 5.28. The molecule has 0 aromatic carbocycles. The van der Waals surface area contributed by atoms with Gasteiger partial charge >= 0.3 is 0 Å². The molecule has 1 saturated heterocycles. The molecule has 1 amide bonds. The van der Waals surface area contributed by atoms with Crippen molar-refractivity contribution in [3.8, 4) is 0 Å². The maximum absolute atomic E-state index is 12.5. The van der Waals surface area contributed by atoms with E-state index in [0.29, 0.717) is 19.6 Å². The van der Waals surface area contributed by atoms with Gasteiger partial charge < -0.3 is 4.90 Å². The fraction of sp³-hybridized carbons (Fsp3) is 0.643. The number of carbonyl (C=O) groups is 1. The third-order valence-electron chi connectivity index (χ3n) is 4.39. The summed E-state index contributed by atoms with van der Waals surface area (Å²) in [5.41, 5.74) is 1.26. The van der Waals surface area contributed by atoms with E-state index in [2.05, 4.69) is 18.4 Å². The second kappa shape index (κ2) is 5.70. The Morgan fingerprint density at radius 2 is 2.05 bits per heavy atom. The molecule has 116 valence electrons. The van der Waals surface area contributed by atoms with Crippen LogP contribution in [0.25, 0.3) is 0 Å². The van der Waals surface area contributed by atoms with E-state index in [1.807, 2.05) is 9.80 Å². The van der Waals surface area contributed by atoms with Gasteiger partial charge in [0.25, 0.3) is 0 Å². The number of carbonyl (C=O) groups excluding carboxylic acids is 1. The standard InChI is InChI=1S/C14H20N2O3S2/c1-11-12-3-7-20-13(12)2-4-16(11)14(17)10-15-5-8-21(18,19)9-6-15/h3,7,11H,2,4-6,8-10H2,1H3. The van der Waals surface area contributed by atoms with Crippen LogP contribution in [0.4, 0.5) is 0 Å². The number of rotatable bonds is 2. The predicted octanol–water partition coefficient (Wildman–Crippen LogP) is 0.924. The summed E-state index contributed by atoms with van der Waals surface area (Å²) in [5.74, 6) is 0.452. The summed E-state index contributed by atoms with van der Waals surface area (Å²) < 4.78 is 22.8. The Morgan fingerprint density at radius 3 is 2.76 bits per heavy atom. The summed E-state index contributed by atoms with van der Waals surface area (Å²) >= 11 is 1.76. The Kier molecular flexibility index (Phi) is 4.07. The van der Waals surface area contributed by atoms with Crippen LogP contribution >= 0.6 is 11.3 Å². The highest BCUT2D eigenvalue weighted by Gasteiger charge is 2.30. The average Bonchev–Trinajstić information content (AvgIpc) is 2.91. The molecule has 2 aliphatic rings. The van der Waals surface area contributed by atoms with Gasteiger partial charge in [0.1, 0.15) is 0 Å². The highest BCUT2D eigenvalue weighted by molar-refractivity contribution is 7.91. The van der Waals surface area contributed by atoms with Crippen molar-refractivity contribution in [3.63, 3.8) is 0 Å². The van der Waals surface area contributed by atoms with Gasteiger partial charge in [-0.05, 0) is 30.4 Å². The van der Waals surface area contributed by atoms with Crippen LogP contribution in [0.15, 0.2) is 11.4 Å². The molecule has 0 radical (unpaired) electrons. The van der Waals surface area contributed by atoms with E-state index in [0.717, 1.165) is 13.0 Å². The van der Waals surface area contributed by atoms with Gasteiger partial charge in [0.15, 0.2) is 9.84 Å². The molecule has 21 heavy (non-hydrogen) atoms. The van der Waals surface area contributed by atoms with Crippen LogP contribution in [-0.4, -0.2) is 61.8 Å². The van der Waals surface area contributed by atoms with E-state index in [-0.39, 0.29) is 23.5 Å². The number of thiophene rings is 1. The normalized spacial score (nSPS) is 25.6. The predicted molar refractivity (Wildman–Crippen MR) is 83.2 cm³/mol. The Labute approximate surface area is 129 Å². The molecule has 0 aliphatic carbocycles. The molecule has 1 aromatic rings.